The number of nitrogens with zero attached hydrogens (tertiary/aromatic N) is 21. The highest BCUT2D eigenvalue weighted by molar-refractivity contribution is 8.00. The Kier molecular flexibility index (Phi) is 44.4. The lowest BCUT2D eigenvalue weighted by molar-refractivity contribution is -0.137. The van der Waals surface area contributed by atoms with Gasteiger partial charge in [0.15, 0.2) is 5.60 Å². The molecule has 145 heavy (non-hydrogen) atoms. The SMILES string of the molecule is C=CC(=O)N1CCN2CCN(C(C)(C)C)CC2C1.C=S1(=O)CCN(C2CN(C(C)(C)C)C2)CC1.CC(=O)CC(CCO)N1CCN(C(C)(C)C)CC1.CC(=O)N1CC(N2CCN(C(C)(C)C)CC2)C1.CC(C)(C)N1CCN(C2CCCC2)CC1.CC1(F)CCN2CCN(C(C)(C)C)CC2C1.CN1CC(N2CCN(C(C)(C)C)CC2)C1.CN1CC2(CCN(C(C)(C)C)CC2)OC1=O.CN1CC2(CN(C(C)(C)C)C2)OC1=O. The zero-order valence-electron chi connectivity index (χ0n) is 98.9. The van der Waals surface area contributed by atoms with Gasteiger partial charge in [-0.2, -0.15) is 0 Å². The quantitative estimate of drug-likeness (QED) is 0.159. The highest BCUT2D eigenvalue weighted by atomic mass is 32.2. The number of hydrogen-bond donors (Lipinski definition) is 1. The number of hydrogen-bond acceptors (Lipinski definition) is 26. The van der Waals surface area contributed by atoms with Crippen LogP contribution in [0.2, 0.25) is 0 Å². The molecular formula is C113H218FN21O9S. The number of carbonyl (C=O) groups is 5. The summed E-state index contributed by atoms with van der Waals surface area (Å²) >= 11 is 0. The van der Waals surface area contributed by atoms with Crippen molar-refractivity contribution in [2.24, 2.45) is 0 Å². The van der Waals surface area contributed by atoms with Crippen molar-refractivity contribution in [3.8, 4) is 0 Å². The van der Waals surface area contributed by atoms with Gasteiger partial charge in [-0.05, 0) is 261 Å². The molecule has 1 N–H and O–H groups in total. The van der Waals surface area contributed by atoms with Gasteiger partial charge >= 0.3 is 12.2 Å². The van der Waals surface area contributed by atoms with Crippen molar-refractivity contribution in [2.75, 3.05) is 301 Å². The van der Waals surface area contributed by atoms with E-state index in [4.69, 9.17) is 14.6 Å². The molecule has 842 valence electrons. The van der Waals surface area contributed by atoms with Gasteiger partial charge in [0.2, 0.25) is 11.8 Å². The summed E-state index contributed by atoms with van der Waals surface area (Å²) in [4.78, 5) is 107. The van der Waals surface area contributed by atoms with Crippen LogP contribution in [0.4, 0.5) is 14.0 Å². The summed E-state index contributed by atoms with van der Waals surface area (Å²) in [5.74, 6) is 5.90. The molecule has 17 aliphatic rings. The fourth-order valence-electron chi connectivity index (χ4n) is 24.0. The van der Waals surface area contributed by atoms with E-state index in [2.05, 4.69) is 290 Å². The van der Waals surface area contributed by atoms with Crippen molar-refractivity contribution in [2.45, 2.75) is 381 Å². The summed E-state index contributed by atoms with van der Waals surface area (Å²) in [6, 6.07) is 4.20. The molecule has 0 bridgehead atoms. The van der Waals surface area contributed by atoms with Crippen molar-refractivity contribution >= 4 is 45.2 Å². The molecule has 0 aromatic heterocycles. The molecule has 17 rings (SSSR count). The Morgan fingerprint density at radius 3 is 1.07 bits per heavy atom. The van der Waals surface area contributed by atoms with Gasteiger partial charge in [-0.3, -0.25) is 97.0 Å². The van der Waals surface area contributed by atoms with Gasteiger partial charge in [-0.15, -0.1) is 0 Å². The standard InChI is InChI=1S/C14H25N3O.C14H28N2O2.C13H25FN2.C13H25N3O.C13H26N2.C12H25N3.C12H22N2O2.C12H24N2OS.C10H18N2O2/c1-5-13(18)16-7-6-15-8-9-17(14(2,3)4)11-12(15)10-16;1-12(18)11-13(5-10-17)15-6-8-16(9-7-15)14(2,3)4;1-12(2,3)16-8-7-15-6-5-13(4,14)9-11(15)10-16;1-11(17)15-9-12(10-15)14-5-7-16(8-6-14)13(2,3)4;1-13(2,3)15-10-8-14(9-11-15)12-6-4-5-7-12;1-12(2,3)15-7-5-14(6-8-15)11-9-13(4)10-11;1-11(2,3)14-7-5-12(6-8-14)9-13(4)10(15)16-12;1-12(2,3)14-9-11(10-14)13-5-7-16(4,15)8-6-13;1-9(2,3)12-6-10(7-12)5-11(4)8(13)14-10/h5,12H,1,6-11H2,2-4H3;13,17H,5-11H2,1-4H3;11H,5-10H2,1-4H3;12H,5-10H2,1-4H3;12H,4-11H2,1-3H3;11H,5-10H2,1-4H3;5-9H2,1-4H3;11H,4-10H2,1-3H3;5-7H2,1-4H3. The first-order chi connectivity index (χ1) is 66.9. The summed E-state index contributed by atoms with van der Waals surface area (Å²) in [6.07, 6.45) is 11.5. The maximum atomic E-state index is 14.0. The van der Waals surface area contributed by atoms with Crippen molar-refractivity contribution in [3.05, 3.63) is 12.7 Å². The number of amides is 4. The second-order valence-electron chi connectivity index (χ2n) is 55.3. The van der Waals surface area contributed by atoms with Gasteiger partial charge in [-0.1, -0.05) is 19.4 Å². The van der Waals surface area contributed by atoms with Crippen LogP contribution in [0, 0.1) is 0 Å². The number of ether oxygens (including phenoxy) is 2. The lowest BCUT2D eigenvalue weighted by Crippen LogP contribution is -2.68. The Labute approximate surface area is 884 Å². The molecule has 16 aliphatic heterocycles. The number of aliphatic hydroxyl groups is 1. The van der Waals surface area contributed by atoms with Gasteiger partial charge in [0.1, 0.15) is 17.1 Å². The van der Waals surface area contributed by atoms with Crippen LogP contribution in [0.5, 0.6) is 0 Å². The van der Waals surface area contributed by atoms with E-state index in [0.29, 0.717) is 66.5 Å². The molecule has 4 unspecified atom stereocenters. The van der Waals surface area contributed by atoms with Gasteiger partial charge in [0.05, 0.1) is 13.1 Å². The van der Waals surface area contributed by atoms with Gasteiger partial charge in [-0.25, -0.2) is 14.0 Å². The second-order valence-corrected chi connectivity index (χ2v) is 58.1. The summed E-state index contributed by atoms with van der Waals surface area (Å²) in [5.41, 5.74) is 1.00. The lowest BCUT2D eigenvalue weighted by atomic mass is 9.87. The minimum absolute atomic E-state index is 0.0718. The third kappa shape index (κ3) is 37.7. The van der Waals surface area contributed by atoms with E-state index in [1.54, 1.807) is 37.6 Å². The largest absolute Gasteiger partial charge is 0.441 e. The minimum atomic E-state index is -1.73. The minimum Gasteiger partial charge on any atom is -0.441 e. The van der Waals surface area contributed by atoms with Crippen LogP contribution < -0.4 is 0 Å². The highest BCUT2D eigenvalue weighted by Crippen LogP contribution is 2.40. The average Bonchev–Trinajstić information content (AvgIpc) is 1.60. The van der Waals surface area contributed by atoms with Crippen LogP contribution >= 0.6 is 0 Å². The number of piperidine rings is 2. The number of alkyl halides is 1. The molecule has 0 radical (unpaired) electrons. The van der Waals surface area contributed by atoms with Crippen molar-refractivity contribution in [1.82, 2.24) is 103 Å². The Balaban J connectivity index is 0.000000182. The third-order valence-corrected chi connectivity index (χ3v) is 36.5. The number of ketones is 1. The molecule has 0 aromatic carbocycles. The number of likely N-dealkylation sites (tertiary alicyclic amines) is 5. The van der Waals surface area contributed by atoms with E-state index < -0.39 is 15.2 Å². The fourth-order valence-corrected chi connectivity index (χ4v) is 25.3. The lowest BCUT2D eigenvalue weighted by Gasteiger charge is -2.52. The fraction of sp³-hybridized carbons (Fsp3) is 0.929. The highest BCUT2D eigenvalue weighted by Gasteiger charge is 2.56. The maximum Gasteiger partial charge on any atom is 0.410 e. The predicted molar refractivity (Wildman–Crippen MR) is 598 cm³/mol. The molecule has 1 aliphatic carbocycles. The molecule has 4 amide bonds. The second kappa shape index (κ2) is 51.7. The first-order valence-electron chi connectivity index (χ1n) is 56.7. The normalized spacial score (nSPS) is 27.5. The zero-order chi connectivity index (χ0) is 108. The third-order valence-electron chi connectivity index (χ3n) is 34.7. The van der Waals surface area contributed by atoms with Crippen molar-refractivity contribution in [1.29, 1.82) is 0 Å². The summed E-state index contributed by atoms with van der Waals surface area (Å²) in [6.45, 7) is 113. The summed E-state index contributed by atoms with van der Waals surface area (Å²) in [7, 11) is 4.08. The smallest absolute Gasteiger partial charge is 0.410 e. The van der Waals surface area contributed by atoms with E-state index >= 15 is 0 Å². The van der Waals surface area contributed by atoms with Gasteiger partial charge in [0.25, 0.3) is 0 Å². The predicted octanol–water partition coefficient (Wildman–Crippen LogP) is 11.0. The monoisotopic (exact) mass is 2060 g/mol. The molecular weight excluding hydrogens is 1850 g/mol. The average molecular weight is 2070 g/mol. The first-order valence-corrected chi connectivity index (χ1v) is 58.7. The molecule has 17 fully saturated rings. The van der Waals surface area contributed by atoms with Crippen LogP contribution in [-0.4, -0.2) is 558 Å². The molecule has 32 heteroatoms. The Morgan fingerprint density at radius 1 is 0.393 bits per heavy atom. The molecule has 16 heterocycles. The van der Waals surface area contributed by atoms with Crippen LogP contribution in [0.3, 0.4) is 0 Å². The van der Waals surface area contributed by atoms with E-state index in [-0.39, 0.29) is 86.9 Å². The van der Waals surface area contributed by atoms with Gasteiger partial charge in [0, 0.05) is 399 Å². The number of aliphatic hydroxyl groups excluding tert-OH is 1. The van der Waals surface area contributed by atoms with Crippen LogP contribution in [0.25, 0.3) is 0 Å². The number of carbonyl (C=O) groups excluding carboxylic acids is 5. The Morgan fingerprint density at radius 2 is 0.710 bits per heavy atom. The van der Waals surface area contributed by atoms with E-state index in [0.717, 1.165) is 220 Å². The van der Waals surface area contributed by atoms with Crippen LogP contribution in [0.15, 0.2) is 12.7 Å². The maximum absolute atomic E-state index is 14.0. The molecule has 0 aromatic rings. The van der Waals surface area contributed by atoms with Crippen molar-refractivity contribution in [3.63, 3.8) is 0 Å². The van der Waals surface area contributed by atoms with E-state index in [1.165, 1.54) is 110 Å². The summed E-state index contributed by atoms with van der Waals surface area (Å²) < 4.78 is 36.7. The van der Waals surface area contributed by atoms with Gasteiger partial charge < -0.3 is 39.1 Å². The number of halogens is 1. The topological polar surface area (TPSA) is 209 Å². The molecule has 1 saturated carbocycles. The Hall–Kier alpha value is -3.88. The first kappa shape index (κ1) is 125. The number of Topliss-reactive ketones (excluding diaryl/α,β-unsaturated/α-hetero) is 1. The molecule has 4 atom stereocenters. The van der Waals surface area contributed by atoms with Crippen molar-refractivity contribution < 1.29 is 47.2 Å². The number of fused-ring (bicyclic) bond motifs is 2. The molecule has 30 nitrogen and oxygen atoms in total. The van der Waals surface area contributed by atoms with E-state index in [9.17, 15) is 32.6 Å². The summed E-state index contributed by atoms with van der Waals surface area (Å²) in [5, 5.41) is 9.11. The molecule has 16 saturated heterocycles. The number of rotatable bonds is 10. The number of likely N-dealkylation sites (N-methyl/N-ethyl adjacent to an activating group) is 3. The van der Waals surface area contributed by atoms with E-state index in [1.807, 2.05) is 16.8 Å². The molecule has 2 spiro atoms. The zero-order valence-corrected chi connectivity index (χ0v) is 99.7. The number of piperazine rings is 7. The Bertz CT molecular complexity index is 4070. The van der Waals surface area contributed by atoms with Crippen LogP contribution in [-0.2, 0) is 33.4 Å². The van der Waals surface area contributed by atoms with Crippen LogP contribution in [0.1, 0.15) is 272 Å².